The van der Waals surface area contributed by atoms with Gasteiger partial charge in [0.2, 0.25) is 0 Å². The lowest BCUT2D eigenvalue weighted by molar-refractivity contribution is -0.170. The van der Waals surface area contributed by atoms with E-state index < -0.39 is 12.1 Å². The number of allylic oxidation sites excluding steroid dienone is 1. The fraction of sp³-hybridized carbons (Fsp3) is 0.476. The van der Waals surface area contributed by atoms with Crippen LogP contribution >= 0.6 is 0 Å². The van der Waals surface area contributed by atoms with Crippen LogP contribution in [0.2, 0.25) is 0 Å². The normalized spacial score (nSPS) is 11.3. The summed E-state index contributed by atoms with van der Waals surface area (Å²) in [5.74, 6) is 4.05. The minimum atomic E-state index is -4.93. The van der Waals surface area contributed by atoms with E-state index in [0.717, 1.165) is 37.0 Å². The molecule has 1 amide bonds. The Labute approximate surface area is 154 Å². The van der Waals surface area contributed by atoms with Gasteiger partial charge in [0, 0.05) is 18.5 Å². The molecule has 0 aromatic heterocycles. The Balaban J connectivity index is 3.10. The molecule has 0 spiro atoms. The fourth-order valence-corrected chi connectivity index (χ4v) is 2.34. The van der Waals surface area contributed by atoms with Crippen molar-refractivity contribution in [2.75, 3.05) is 11.4 Å². The molecule has 1 aromatic rings. The van der Waals surface area contributed by atoms with Crippen LogP contribution in [0.4, 0.5) is 18.9 Å². The van der Waals surface area contributed by atoms with Crippen LogP contribution in [0.15, 0.2) is 36.4 Å². The molecule has 0 saturated heterocycles. The van der Waals surface area contributed by atoms with Crippen molar-refractivity contribution >= 4 is 11.6 Å². The maximum absolute atomic E-state index is 13.0. The smallest absolute Gasteiger partial charge is 0.300 e. The molecule has 0 aliphatic carbocycles. The molecule has 0 saturated carbocycles. The Morgan fingerprint density at radius 2 is 1.85 bits per heavy atom. The highest BCUT2D eigenvalue weighted by Crippen LogP contribution is 2.26. The summed E-state index contributed by atoms with van der Waals surface area (Å²) in [6.45, 7) is 3.94. The Morgan fingerprint density at radius 3 is 2.50 bits per heavy atom. The lowest BCUT2D eigenvalue weighted by atomic mass is 10.1. The van der Waals surface area contributed by atoms with Gasteiger partial charge in [0.15, 0.2) is 0 Å². The first-order valence-electron chi connectivity index (χ1n) is 9.03. The third kappa shape index (κ3) is 7.35. The third-order valence-electron chi connectivity index (χ3n) is 3.72. The van der Waals surface area contributed by atoms with Crippen LogP contribution in [0, 0.1) is 11.8 Å². The Kier molecular flexibility index (Phi) is 9.57. The molecule has 0 N–H and O–H groups in total. The predicted octanol–water partition coefficient (Wildman–Crippen LogP) is 5.87. The second kappa shape index (κ2) is 11.4. The average Bonchev–Trinajstić information content (AvgIpc) is 2.61. The number of amides is 1. The maximum Gasteiger partial charge on any atom is 0.471 e. The summed E-state index contributed by atoms with van der Waals surface area (Å²) in [5.41, 5.74) is 0.629. The number of carbonyl (C=O) groups excluding carboxylic acids is 1. The molecular weight excluding hydrogens is 339 g/mol. The van der Waals surface area contributed by atoms with Crippen LogP contribution in [0.3, 0.4) is 0 Å². The summed E-state index contributed by atoms with van der Waals surface area (Å²) in [4.78, 5) is 12.7. The van der Waals surface area contributed by atoms with E-state index in [1.54, 1.807) is 30.4 Å². The van der Waals surface area contributed by atoms with E-state index in [9.17, 15) is 18.0 Å². The number of carbonyl (C=O) groups is 1. The van der Waals surface area contributed by atoms with E-state index in [2.05, 4.69) is 18.8 Å². The van der Waals surface area contributed by atoms with E-state index >= 15 is 0 Å². The first kappa shape index (κ1) is 21.8. The topological polar surface area (TPSA) is 20.3 Å². The van der Waals surface area contributed by atoms with Gasteiger partial charge in [-0.15, -0.1) is 0 Å². The van der Waals surface area contributed by atoms with Crippen LogP contribution in [-0.4, -0.2) is 18.6 Å². The number of anilines is 1. The molecule has 0 fully saturated rings. The number of benzene rings is 1. The number of alkyl halides is 3. The van der Waals surface area contributed by atoms with Gasteiger partial charge in [-0.1, -0.05) is 69.2 Å². The molecule has 0 heterocycles. The molecule has 26 heavy (non-hydrogen) atoms. The van der Waals surface area contributed by atoms with E-state index in [1.165, 1.54) is 6.07 Å². The van der Waals surface area contributed by atoms with Crippen LogP contribution in [0.1, 0.15) is 57.9 Å². The van der Waals surface area contributed by atoms with Gasteiger partial charge in [-0.05, 0) is 25.0 Å². The van der Waals surface area contributed by atoms with Gasteiger partial charge in [0.25, 0.3) is 0 Å². The van der Waals surface area contributed by atoms with Gasteiger partial charge < -0.3 is 0 Å². The highest BCUT2D eigenvalue weighted by molar-refractivity contribution is 5.98. The van der Waals surface area contributed by atoms with Crippen molar-refractivity contribution in [2.24, 2.45) is 0 Å². The van der Waals surface area contributed by atoms with Gasteiger partial charge in [0.1, 0.15) is 0 Å². The molecule has 1 aromatic carbocycles. The lowest BCUT2D eigenvalue weighted by Crippen LogP contribution is -2.41. The first-order valence-corrected chi connectivity index (χ1v) is 9.03. The number of hydrogen-bond acceptors (Lipinski definition) is 1. The number of hydrogen-bond donors (Lipinski definition) is 0. The van der Waals surface area contributed by atoms with Gasteiger partial charge in [0.05, 0.1) is 5.69 Å². The average molecular weight is 365 g/mol. The molecule has 0 bridgehead atoms. The van der Waals surface area contributed by atoms with Gasteiger partial charge in [-0.2, -0.15) is 13.2 Å². The fourth-order valence-electron chi connectivity index (χ4n) is 2.34. The van der Waals surface area contributed by atoms with Crippen LogP contribution < -0.4 is 4.90 Å². The summed E-state index contributed by atoms with van der Waals surface area (Å²) in [6.07, 6.45) is 3.89. The number of halogens is 3. The van der Waals surface area contributed by atoms with Crippen LogP contribution in [0.5, 0.6) is 0 Å². The quantitative estimate of drug-likeness (QED) is 0.320. The van der Waals surface area contributed by atoms with E-state index in [1.807, 2.05) is 6.92 Å². The summed E-state index contributed by atoms with van der Waals surface area (Å²) in [6, 6.07) is 6.48. The minimum absolute atomic E-state index is 0.132. The SMILES string of the molecule is CCC/C=C/CN(C(=O)C(F)(F)F)c1ccccc1C#CCCCCC. The molecule has 0 aliphatic heterocycles. The van der Waals surface area contributed by atoms with E-state index in [0.29, 0.717) is 12.0 Å². The standard InChI is InChI=1S/C21H26F3NO/c1-3-5-7-9-10-14-18-15-11-12-16-19(18)25(17-13-8-6-4-2)20(26)21(22,23)24/h8,11-13,15-16H,3-7,9,17H2,1-2H3/b13-8+. The van der Waals surface area contributed by atoms with Crippen molar-refractivity contribution in [3.8, 4) is 11.8 Å². The summed E-state index contributed by atoms with van der Waals surface area (Å²) < 4.78 is 39.1. The Bertz CT molecular complexity index is 653. The number of rotatable bonds is 8. The highest BCUT2D eigenvalue weighted by atomic mass is 19.4. The molecule has 5 heteroatoms. The molecular formula is C21H26F3NO. The van der Waals surface area contributed by atoms with Gasteiger partial charge in [-0.3, -0.25) is 9.69 Å². The molecule has 0 atom stereocenters. The zero-order chi connectivity index (χ0) is 19.4. The van der Waals surface area contributed by atoms with Gasteiger partial charge >= 0.3 is 12.1 Å². The van der Waals surface area contributed by atoms with Crippen LogP contribution in [-0.2, 0) is 4.79 Å². The Hall–Kier alpha value is -2.22. The first-order chi connectivity index (χ1) is 12.4. The molecule has 2 nitrogen and oxygen atoms in total. The summed E-state index contributed by atoms with van der Waals surface area (Å²) in [5, 5.41) is 0. The van der Waals surface area contributed by atoms with Crippen molar-refractivity contribution in [2.45, 2.75) is 58.5 Å². The van der Waals surface area contributed by atoms with Gasteiger partial charge in [-0.25, -0.2) is 0 Å². The number of para-hydroxylation sites is 1. The lowest BCUT2D eigenvalue weighted by Gasteiger charge is -2.23. The molecule has 142 valence electrons. The largest absolute Gasteiger partial charge is 0.471 e. The molecule has 0 radical (unpaired) electrons. The predicted molar refractivity (Wildman–Crippen MR) is 99.9 cm³/mol. The summed E-state index contributed by atoms with van der Waals surface area (Å²) in [7, 11) is 0. The molecule has 0 unspecified atom stereocenters. The zero-order valence-electron chi connectivity index (χ0n) is 15.4. The van der Waals surface area contributed by atoms with Crippen LogP contribution in [0.25, 0.3) is 0 Å². The third-order valence-corrected chi connectivity index (χ3v) is 3.72. The minimum Gasteiger partial charge on any atom is -0.300 e. The van der Waals surface area contributed by atoms with Crippen molar-refractivity contribution < 1.29 is 18.0 Å². The van der Waals surface area contributed by atoms with Crippen molar-refractivity contribution in [3.05, 3.63) is 42.0 Å². The van der Waals surface area contributed by atoms with E-state index in [-0.39, 0.29) is 12.2 Å². The number of unbranched alkanes of at least 4 members (excludes halogenated alkanes) is 4. The molecule has 1 rings (SSSR count). The maximum atomic E-state index is 13.0. The number of nitrogens with zero attached hydrogens (tertiary/aromatic N) is 1. The van der Waals surface area contributed by atoms with Crippen molar-refractivity contribution in [1.82, 2.24) is 0 Å². The summed E-state index contributed by atoms with van der Waals surface area (Å²) >= 11 is 0. The van der Waals surface area contributed by atoms with E-state index in [4.69, 9.17) is 0 Å². The van der Waals surface area contributed by atoms with Crippen molar-refractivity contribution in [1.29, 1.82) is 0 Å². The second-order valence-corrected chi connectivity index (χ2v) is 5.95. The monoisotopic (exact) mass is 365 g/mol. The van der Waals surface area contributed by atoms with Crippen molar-refractivity contribution in [3.63, 3.8) is 0 Å². The second-order valence-electron chi connectivity index (χ2n) is 5.95. The zero-order valence-corrected chi connectivity index (χ0v) is 15.4. The highest BCUT2D eigenvalue weighted by Gasteiger charge is 2.43. The molecule has 0 aliphatic rings. The Morgan fingerprint density at radius 1 is 1.12 bits per heavy atom.